The summed E-state index contributed by atoms with van der Waals surface area (Å²) in [6.07, 6.45) is -3.85. The van der Waals surface area contributed by atoms with Crippen molar-refractivity contribution in [3.63, 3.8) is 0 Å². The van der Waals surface area contributed by atoms with E-state index < -0.39 is 23.6 Å². The van der Waals surface area contributed by atoms with Crippen LogP contribution in [0.1, 0.15) is 41.3 Å². The SMILES string of the molecule is CCCOc1ccc(C(F)(F)F)cc1NC(=O)CCc1ccccc1C(=O)O. The van der Waals surface area contributed by atoms with Crippen LogP contribution < -0.4 is 10.1 Å². The minimum absolute atomic E-state index is 0.0696. The van der Waals surface area contributed by atoms with Crippen molar-refractivity contribution in [1.82, 2.24) is 0 Å². The molecule has 2 N–H and O–H groups in total. The predicted molar refractivity (Wildman–Crippen MR) is 97.6 cm³/mol. The average Bonchev–Trinajstić information content (AvgIpc) is 2.64. The van der Waals surface area contributed by atoms with E-state index in [-0.39, 0.29) is 29.8 Å². The van der Waals surface area contributed by atoms with E-state index in [0.717, 1.165) is 12.1 Å². The minimum Gasteiger partial charge on any atom is -0.491 e. The summed E-state index contributed by atoms with van der Waals surface area (Å²) >= 11 is 0. The first-order chi connectivity index (χ1) is 13.2. The summed E-state index contributed by atoms with van der Waals surface area (Å²) in [5, 5.41) is 11.6. The summed E-state index contributed by atoms with van der Waals surface area (Å²) in [7, 11) is 0. The number of hydrogen-bond donors (Lipinski definition) is 2. The number of carboxylic acids is 1. The zero-order valence-corrected chi connectivity index (χ0v) is 15.2. The number of alkyl halides is 3. The van der Waals surface area contributed by atoms with Crippen molar-refractivity contribution >= 4 is 17.6 Å². The highest BCUT2D eigenvalue weighted by atomic mass is 19.4. The first-order valence-electron chi connectivity index (χ1n) is 8.67. The average molecular weight is 395 g/mol. The lowest BCUT2D eigenvalue weighted by molar-refractivity contribution is -0.137. The topological polar surface area (TPSA) is 75.6 Å². The minimum atomic E-state index is -4.55. The van der Waals surface area contributed by atoms with Crippen LogP contribution in [0.4, 0.5) is 18.9 Å². The number of amides is 1. The Morgan fingerprint density at radius 2 is 1.86 bits per heavy atom. The zero-order valence-electron chi connectivity index (χ0n) is 15.2. The molecule has 0 spiro atoms. The van der Waals surface area contributed by atoms with Crippen LogP contribution >= 0.6 is 0 Å². The molecule has 0 fully saturated rings. The molecule has 1 amide bonds. The maximum atomic E-state index is 13.0. The quantitative estimate of drug-likeness (QED) is 0.676. The Hall–Kier alpha value is -3.03. The van der Waals surface area contributed by atoms with E-state index in [1.807, 2.05) is 6.92 Å². The molecule has 0 atom stereocenters. The van der Waals surface area contributed by atoms with Crippen molar-refractivity contribution in [2.24, 2.45) is 0 Å². The van der Waals surface area contributed by atoms with Crippen molar-refractivity contribution in [1.29, 1.82) is 0 Å². The van der Waals surface area contributed by atoms with Crippen LogP contribution in [0, 0.1) is 0 Å². The number of anilines is 1. The normalized spacial score (nSPS) is 11.1. The molecule has 0 saturated heterocycles. The van der Waals surface area contributed by atoms with Gasteiger partial charge >= 0.3 is 12.1 Å². The van der Waals surface area contributed by atoms with Gasteiger partial charge in [0.25, 0.3) is 0 Å². The molecule has 0 saturated carbocycles. The molecule has 0 aliphatic heterocycles. The van der Waals surface area contributed by atoms with Crippen molar-refractivity contribution in [3.8, 4) is 5.75 Å². The van der Waals surface area contributed by atoms with E-state index in [4.69, 9.17) is 9.84 Å². The molecule has 8 heteroatoms. The number of aryl methyl sites for hydroxylation is 1. The lowest BCUT2D eigenvalue weighted by atomic mass is 10.0. The fraction of sp³-hybridized carbons (Fsp3) is 0.300. The number of ether oxygens (including phenoxy) is 1. The summed E-state index contributed by atoms with van der Waals surface area (Å²) in [5.41, 5.74) is -0.416. The maximum absolute atomic E-state index is 13.0. The smallest absolute Gasteiger partial charge is 0.416 e. The monoisotopic (exact) mass is 395 g/mol. The van der Waals surface area contributed by atoms with E-state index in [1.165, 1.54) is 12.1 Å². The van der Waals surface area contributed by atoms with Crippen LogP contribution in [0.5, 0.6) is 5.75 Å². The van der Waals surface area contributed by atoms with Crippen molar-refractivity contribution in [3.05, 3.63) is 59.2 Å². The van der Waals surface area contributed by atoms with Crippen LogP contribution in [0.2, 0.25) is 0 Å². The highest BCUT2D eigenvalue weighted by Crippen LogP contribution is 2.35. The number of rotatable bonds is 8. The van der Waals surface area contributed by atoms with Gasteiger partial charge in [0.1, 0.15) is 5.75 Å². The second-order valence-electron chi connectivity index (χ2n) is 6.07. The number of aromatic carboxylic acids is 1. The van der Waals surface area contributed by atoms with E-state index in [9.17, 15) is 22.8 Å². The van der Waals surface area contributed by atoms with Gasteiger partial charge in [-0.25, -0.2) is 4.79 Å². The van der Waals surface area contributed by atoms with Crippen LogP contribution in [0.3, 0.4) is 0 Å². The molecule has 2 aromatic rings. The number of nitrogens with one attached hydrogen (secondary N) is 1. The molecule has 5 nitrogen and oxygen atoms in total. The molecule has 28 heavy (non-hydrogen) atoms. The highest BCUT2D eigenvalue weighted by Gasteiger charge is 2.31. The third-order valence-electron chi connectivity index (χ3n) is 3.91. The molecule has 2 aromatic carbocycles. The Bertz CT molecular complexity index is 850. The van der Waals surface area contributed by atoms with Crippen LogP contribution in [-0.2, 0) is 17.4 Å². The molecule has 0 aromatic heterocycles. The van der Waals surface area contributed by atoms with Gasteiger partial charge in [0, 0.05) is 6.42 Å². The summed E-state index contributed by atoms with van der Waals surface area (Å²) < 4.78 is 44.3. The van der Waals surface area contributed by atoms with Gasteiger partial charge in [-0.05, 0) is 42.7 Å². The Labute approximate surface area is 160 Å². The Kier molecular flexibility index (Phi) is 7.03. The zero-order chi connectivity index (χ0) is 20.7. The lowest BCUT2D eigenvalue weighted by Gasteiger charge is -2.15. The van der Waals surface area contributed by atoms with E-state index >= 15 is 0 Å². The van der Waals surface area contributed by atoms with Gasteiger partial charge in [-0.2, -0.15) is 13.2 Å². The summed E-state index contributed by atoms with van der Waals surface area (Å²) in [4.78, 5) is 23.5. The molecule has 0 bridgehead atoms. The van der Waals surface area contributed by atoms with E-state index in [2.05, 4.69) is 5.32 Å². The fourth-order valence-electron chi connectivity index (χ4n) is 2.55. The molecule has 0 unspecified atom stereocenters. The van der Waals surface area contributed by atoms with E-state index in [0.29, 0.717) is 18.6 Å². The number of hydrogen-bond acceptors (Lipinski definition) is 3. The lowest BCUT2D eigenvalue weighted by Crippen LogP contribution is -2.15. The number of carbonyl (C=O) groups excluding carboxylic acids is 1. The molecule has 0 heterocycles. The third kappa shape index (κ3) is 5.73. The molecule has 150 valence electrons. The second kappa shape index (κ2) is 9.25. The van der Waals surface area contributed by atoms with Crippen LogP contribution in [0.25, 0.3) is 0 Å². The van der Waals surface area contributed by atoms with Crippen LogP contribution in [-0.4, -0.2) is 23.6 Å². The Morgan fingerprint density at radius 3 is 2.50 bits per heavy atom. The Morgan fingerprint density at radius 1 is 1.14 bits per heavy atom. The largest absolute Gasteiger partial charge is 0.491 e. The van der Waals surface area contributed by atoms with Gasteiger partial charge in [0.15, 0.2) is 0 Å². The molecule has 2 rings (SSSR count). The molecule has 0 aliphatic carbocycles. The number of carbonyl (C=O) groups is 2. The first kappa shape index (κ1) is 21.3. The van der Waals surface area contributed by atoms with E-state index in [1.54, 1.807) is 18.2 Å². The molecular weight excluding hydrogens is 375 g/mol. The highest BCUT2D eigenvalue weighted by molar-refractivity contribution is 5.93. The second-order valence-corrected chi connectivity index (χ2v) is 6.07. The van der Waals surface area contributed by atoms with Gasteiger partial charge in [-0.15, -0.1) is 0 Å². The number of carboxylic acid groups (broad SMARTS) is 1. The van der Waals surface area contributed by atoms with Gasteiger partial charge in [0.2, 0.25) is 5.91 Å². The third-order valence-corrected chi connectivity index (χ3v) is 3.91. The molecular formula is C20H20F3NO4. The predicted octanol–water partition coefficient (Wildman–Crippen LogP) is 4.76. The summed E-state index contributed by atoms with van der Waals surface area (Å²) in [6, 6.07) is 9.15. The van der Waals surface area contributed by atoms with Gasteiger partial charge in [0.05, 0.1) is 23.4 Å². The first-order valence-corrected chi connectivity index (χ1v) is 8.67. The molecule has 0 radical (unpaired) electrons. The summed E-state index contributed by atoms with van der Waals surface area (Å²) in [6.45, 7) is 2.14. The number of benzene rings is 2. The van der Waals surface area contributed by atoms with Crippen molar-refractivity contribution in [2.45, 2.75) is 32.4 Å². The van der Waals surface area contributed by atoms with Gasteiger partial charge < -0.3 is 15.2 Å². The Balaban J connectivity index is 2.14. The molecule has 0 aliphatic rings. The van der Waals surface area contributed by atoms with Gasteiger partial charge in [-0.3, -0.25) is 4.79 Å². The van der Waals surface area contributed by atoms with Gasteiger partial charge in [-0.1, -0.05) is 25.1 Å². The standard InChI is InChI=1S/C20H20F3NO4/c1-2-11-28-17-9-8-14(20(21,22)23)12-16(17)24-18(25)10-7-13-5-3-4-6-15(13)19(26)27/h3-6,8-9,12H,2,7,10-11H2,1H3,(H,24,25)(H,26,27). The fourth-order valence-corrected chi connectivity index (χ4v) is 2.55. The number of halogens is 3. The van der Waals surface area contributed by atoms with Crippen LogP contribution in [0.15, 0.2) is 42.5 Å². The van der Waals surface area contributed by atoms with Crippen molar-refractivity contribution < 1.29 is 32.6 Å². The maximum Gasteiger partial charge on any atom is 0.416 e. The summed E-state index contributed by atoms with van der Waals surface area (Å²) in [5.74, 6) is -1.50. The van der Waals surface area contributed by atoms with Crippen molar-refractivity contribution in [2.75, 3.05) is 11.9 Å².